The molecule has 0 radical (unpaired) electrons. The van der Waals surface area contributed by atoms with Gasteiger partial charge in [-0.25, -0.2) is 0 Å². The van der Waals surface area contributed by atoms with Crippen LogP contribution in [0, 0.1) is 17.0 Å². The lowest BCUT2D eigenvalue weighted by atomic mass is 10.0. The van der Waals surface area contributed by atoms with E-state index in [0.29, 0.717) is 12.0 Å². The Morgan fingerprint density at radius 2 is 2.05 bits per heavy atom. The fraction of sp³-hybridized carbons (Fsp3) is 0.312. The molecule has 0 amide bonds. The van der Waals surface area contributed by atoms with Gasteiger partial charge in [0, 0.05) is 23.7 Å². The van der Waals surface area contributed by atoms with Gasteiger partial charge in [0.2, 0.25) is 0 Å². The maximum absolute atomic E-state index is 10.8. The van der Waals surface area contributed by atoms with Gasteiger partial charge in [-0.15, -0.1) is 0 Å². The molecule has 0 spiro atoms. The summed E-state index contributed by atoms with van der Waals surface area (Å²) < 4.78 is 0. The van der Waals surface area contributed by atoms with Crippen LogP contribution in [-0.2, 0) is 6.42 Å². The number of rotatable bonds is 6. The quantitative estimate of drug-likeness (QED) is 0.653. The van der Waals surface area contributed by atoms with Crippen LogP contribution in [0.5, 0.6) is 0 Å². The summed E-state index contributed by atoms with van der Waals surface area (Å²) >= 11 is 0. The van der Waals surface area contributed by atoms with E-state index in [1.54, 1.807) is 13.0 Å². The van der Waals surface area contributed by atoms with E-state index in [2.05, 4.69) is 29.4 Å². The number of pyridine rings is 1. The Balaban J connectivity index is 2.21. The number of hydrogen-bond acceptors (Lipinski definition) is 4. The number of hydrogen-bond donors (Lipinski definition) is 1. The summed E-state index contributed by atoms with van der Waals surface area (Å²) in [6, 6.07) is 12.1. The molecule has 0 aliphatic heterocycles. The molecule has 1 unspecified atom stereocenters. The smallest absolute Gasteiger partial charge is 0.290 e. The maximum atomic E-state index is 10.8. The molecule has 1 heterocycles. The van der Waals surface area contributed by atoms with Crippen molar-refractivity contribution in [2.24, 2.45) is 0 Å². The van der Waals surface area contributed by atoms with E-state index in [0.717, 1.165) is 12.2 Å². The van der Waals surface area contributed by atoms with Crippen molar-refractivity contribution in [2.75, 3.05) is 6.54 Å². The van der Waals surface area contributed by atoms with Crippen molar-refractivity contribution in [3.8, 4) is 0 Å². The minimum absolute atomic E-state index is 0.0680. The fourth-order valence-electron chi connectivity index (χ4n) is 2.36. The number of nitrogens with one attached hydrogen (secondary N) is 1. The summed E-state index contributed by atoms with van der Waals surface area (Å²) in [7, 11) is 0. The van der Waals surface area contributed by atoms with Crippen LogP contribution in [0.3, 0.4) is 0 Å². The number of nitrogens with zero attached hydrogens (tertiary/aromatic N) is 2. The molecule has 21 heavy (non-hydrogen) atoms. The third-order valence-corrected chi connectivity index (χ3v) is 3.40. The SMILES string of the molecule is CCNC(Cc1cc(C)c([N+](=O)[O-])cn1)c1ccccc1. The number of aromatic nitrogens is 1. The molecular formula is C16H19N3O2. The van der Waals surface area contributed by atoms with Crippen LogP contribution in [0.2, 0.25) is 0 Å². The van der Waals surface area contributed by atoms with E-state index in [-0.39, 0.29) is 11.7 Å². The first kappa shape index (κ1) is 15.1. The third kappa shape index (κ3) is 3.86. The van der Waals surface area contributed by atoms with Gasteiger partial charge in [0.05, 0.1) is 4.92 Å². The number of aryl methyl sites for hydroxylation is 1. The molecule has 0 bridgehead atoms. The van der Waals surface area contributed by atoms with Gasteiger partial charge in [-0.05, 0) is 25.1 Å². The minimum Gasteiger partial charge on any atom is -0.310 e. The van der Waals surface area contributed by atoms with Crippen molar-refractivity contribution in [3.63, 3.8) is 0 Å². The van der Waals surface area contributed by atoms with Crippen LogP contribution in [-0.4, -0.2) is 16.5 Å². The minimum atomic E-state index is -0.398. The number of nitro groups is 1. The highest BCUT2D eigenvalue weighted by Gasteiger charge is 2.15. The molecule has 1 N–H and O–H groups in total. The zero-order valence-electron chi connectivity index (χ0n) is 12.2. The molecular weight excluding hydrogens is 266 g/mol. The van der Waals surface area contributed by atoms with Crippen LogP contribution < -0.4 is 5.32 Å². The van der Waals surface area contributed by atoms with Crippen LogP contribution in [0.15, 0.2) is 42.6 Å². The van der Waals surface area contributed by atoms with Gasteiger partial charge < -0.3 is 5.32 Å². The molecule has 1 aromatic heterocycles. The maximum Gasteiger partial charge on any atom is 0.290 e. The molecule has 2 aromatic rings. The van der Waals surface area contributed by atoms with Crippen LogP contribution in [0.25, 0.3) is 0 Å². The Bertz CT molecular complexity index is 614. The number of benzene rings is 1. The van der Waals surface area contributed by atoms with E-state index < -0.39 is 4.92 Å². The van der Waals surface area contributed by atoms with Crippen molar-refractivity contribution in [1.82, 2.24) is 10.3 Å². The van der Waals surface area contributed by atoms with Gasteiger partial charge in [-0.3, -0.25) is 15.1 Å². The molecule has 5 nitrogen and oxygen atoms in total. The second-order valence-electron chi connectivity index (χ2n) is 4.94. The van der Waals surface area contributed by atoms with Crippen molar-refractivity contribution in [3.05, 3.63) is 69.5 Å². The molecule has 0 saturated carbocycles. The highest BCUT2D eigenvalue weighted by Crippen LogP contribution is 2.21. The van der Waals surface area contributed by atoms with Gasteiger partial charge in [0.25, 0.3) is 5.69 Å². The van der Waals surface area contributed by atoms with E-state index in [1.807, 2.05) is 18.2 Å². The Morgan fingerprint density at radius 3 is 2.62 bits per heavy atom. The largest absolute Gasteiger partial charge is 0.310 e. The summed E-state index contributed by atoms with van der Waals surface area (Å²) in [4.78, 5) is 14.7. The second kappa shape index (κ2) is 6.95. The monoisotopic (exact) mass is 285 g/mol. The molecule has 5 heteroatoms. The first-order valence-electron chi connectivity index (χ1n) is 7.00. The second-order valence-corrected chi connectivity index (χ2v) is 4.94. The van der Waals surface area contributed by atoms with Crippen molar-refractivity contribution < 1.29 is 4.92 Å². The average molecular weight is 285 g/mol. The topological polar surface area (TPSA) is 68.1 Å². The van der Waals surface area contributed by atoms with Crippen LogP contribution in [0.1, 0.15) is 29.8 Å². The molecule has 110 valence electrons. The Kier molecular flexibility index (Phi) is 5.00. The Labute approximate surface area is 124 Å². The molecule has 0 fully saturated rings. The van der Waals surface area contributed by atoms with Gasteiger partial charge in [-0.1, -0.05) is 37.3 Å². The average Bonchev–Trinajstić information content (AvgIpc) is 2.47. The Hall–Kier alpha value is -2.27. The third-order valence-electron chi connectivity index (χ3n) is 3.40. The van der Waals surface area contributed by atoms with Gasteiger partial charge in [0.1, 0.15) is 6.20 Å². The summed E-state index contributed by atoms with van der Waals surface area (Å²) in [6.45, 7) is 4.66. The highest BCUT2D eigenvalue weighted by atomic mass is 16.6. The molecule has 0 aliphatic carbocycles. The van der Waals surface area contributed by atoms with Gasteiger partial charge >= 0.3 is 0 Å². The molecule has 1 atom stereocenters. The zero-order valence-corrected chi connectivity index (χ0v) is 12.2. The normalized spacial score (nSPS) is 12.1. The molecule has 0 saturated heterocycles. The van der Waals surface area contributed by atoms with Crippen LogP contribution in [0.4, 0.5) is 5.69 Å². The van der Waals surface area contributed by atoms with E-state index in [4.69, 9.17) is 0 Å². The predicted molar refractivity (Wildman–Crippen MR) is 82.2 cm³/mol. The van der Waals surface area contributed by atoms with Gasteiger partial charge in [0.15, 0.2) is 0 Å². The van der Waals surface area contributed by atoms with E-state index >= 15 is 0 Å². The first-order chi connectivity index (χ1) is 10.1. The van der Waals surface area contributed by atoms with Crippen molar-refractivity contribution >= 4 is 5.69 Å². The Morgan fingerprint density at radius 1 is 1.33 bits per heavy atom. The number of likely N-dealkylation sites (N-methyl/N-ethyl adjacent to an activating group) is 1. The van der Waals surface area contributed by atoms with Crippen LogP contribution >= 0.6 is 0 Å². The lowest BCUT2D eigenvalue weighted by molar-refractivity contribution is -0.385. The molecule has 2 rings (SSSR count). The lowest BCUT2D eigenvalue weighted by Crippen LogP contribution is -2.23. The summed E-state index contributed by atoms with van der Waals surface area (Å²) in [5, 5.41) is 14.3. The standard InChI is InChI=1S/C16H19N3O2/c1-3-17-15(13-7-5-4-6-8-13)10-14-9-12(2)16(11-18-14)19(20)21/h4-9,11,15,17H,3,10H2,1-2H3. The fourth-order valence-corrected chi connectivity index (χ4v) is 2.36. The lowest BCUT2D eigenvalue weighted by Gasteiger charge is -2.18. The zero-order chi connectivity index (χ0) is 15.2. The summed E-state index contributed by atoms with van der Waals surface area (Å²) in [5.74, 6) is 0. The summed E-state index contributed by atoms with van der Waals surface area (Å²) in [6.07, 6.45) is 2.05. The first-order valence-corrected chi connectivity index (χ1v) is 7.00. The van der Waals surface area contributed by atoms with E-state index in [9.17, 15) is 10.1 Å². The highest BCUT2D eigenvalue weighted by molar-refractivity contribution is 5.38. The predicted octanol–water partition coefficient (Wildman–Crippen LogP) is 3.19. The van der Waals surface area contributed by atoms with E-state index in [1.165, 1.54) is 11.8 Å². The molecule has 0 aliphatic rings. The molecule has 1 aromatic carbocycles. The van der Waals surface area contributed by atoms with Crippen molar-refractivity contribution in [2.45, 2.75) is 26.3 Å². The van der Waals surface area contributed by atoms with Gasteiger partial charge in [-0.2, -0.15) is 0 Å². The summed E-state index contributed by atoms with van der Waals surface area (Å²) in [5.41, 5.74) is 2.76. The van der Waals surface area contributed by atoms with Crippen molar-refractivity contribution in [1.29, 1.82) is 0 Å².